The van der Waals surface area contributed by atoms with E-state index >= 15 is 0 Å². The van der Waals surface area contributed by atoms with E-state index in [0.717, 1.165) is 0 Å². The molecule has 0 aliphatic rings. The molecule has 1 aromatic heterocycles. The standard InChI is InChI=1S/C15H13N2O4/c1-11(18)12-5-7-16(8-6-12)10-15(19)13-3-2-4-14(9-13)17(20)21/h2-9H,10H2,1H3/q+1. The molecule has 0 spiro atoms. The van der Waals surface area contributed by atoms with Crippen molar-refractivity contribution < 1.29 is 19.1 Å². The normalized spacial score (nSPS) is 10.1. The zero-order chi connectivity index (χ0) is 15.4. The van der Waals surface area contributed by atoms with Crippen molar-refractivity contribution in [3.63, 3.8) is 0 Å². The van der Waals surface area contributed by atoms with Crippen LogP contribution in [0.15, 0.2) is 48.8 Å². The van der Waals surface area contributed by atoms with E-state index < -0.39 is 4.92 Å². The fourth-order valence-corrected chi connectivity index (χ4v) is 1.85. The first-order valence-corrected chi connectivity index (χ1v) is 6.25. The summed E-state index contributed by atoms with van der Waals surface area (Å²) in [6, 6.07) is 8.87. The van der Waals surface area contributed by atoms with Crippen molar-refractivity contribution in [3.05, 3.63) is 70.0 Å². The molecule has 2 rings (SSSR count). The first-order chi connectivity index (χ1) is 9.97. The van der Waals surface area contributed by atoms with Crippen molar-refractivity contribution in [2.24, 2.45) is 0 Å². The number of nitro benzene ring substituents is 1. The van der Waals surface area contributed by atoms with Gasteiger partial charge in [-0.05, 0) is 6.92 Å². The molecule has 0 amide bonds. The van der Waals surface area contributed by atoms with Crippen LogP contribution in [0.1, 0.15) is 27.6 Å². The second-order valence-electron chi connectivity index (χ2n) is 4.55. The minimum Gasteiger partial charge on any atom is -0.295 e. The van der Waals surface area contributed by atoms with Crippen LogP contribution in [0.4, 0.5) is 5.69 Å². The van der Waals surface area contributed by atoms with Crippen LogP contribution in [0.2, 0.25) is 0 Å². The number of nitro groups is 1. The van der Waals surface area contributed by atoms with Gasteiger partial charge in [0.05, 0.1) is 4.92 Å². The summed E-state index contributed by atoms with van der Waals surface area (Å²) >= 11 is 0. The Hall–Kier alpha value is -2.89. The molecule has 1 aromatic carbocycles. The third-order valence-corrected chi connectivity index (χ3v) is 3.00. The van der Waals surface area contributed by atoms with Crippen molar-refractivity contribution in [1.29, 1.82) is 0 Å². The Kier molecular flexibility index (Phi) is 4.18. The van der Waals surface area contributed by atoms with Crippen molar-refractivity contribution in [2.75, 3.05) is 0 Å². The Morgan fingerprint density at radius 2 is 1.81 bits per heavy atom. The predicted molar refractivity (Wildman–Crippen MR) is 74.1 cm³/mol. The van der Waals surface area contributed by atoms with Crippen LogP contribution in [0.3, 0.4) is 0 Å². The summed E-state index contributed by atoms with van der Waals surface area (Å²) in [6.07, 6.45) is 3.26. The van der Waals surface area contributed by atoms with Crippen molar-refractivity contribution in [2.45, 2.75) is 13.5 Å². The van der Waals surface area contributed by atoms with Gasteiger partial charge in [0.1, 0.15) is 0 Å². The number of hydrogen-bond acceptors (Lipinski definition) is 4. The van der Waals surface area contributed by atoms with E-state index in [-0.39, 0.29) is 29.4 Å². The zero-order valence-corrected chi connectivity index (χ0v) is 11.4. The van der Waals surface area contributed by atoms with Crippen molar-refractivity contribution in [3.8, 4) is 0 Å². The maximum Gasteiger partial charge on any atom is 0.270 e. The lowest BCUT2D eigenvalue weighted by molar-refractivity contribution is -0.683. The van der Waals surface area contributed by atoms with Gasteiger partial charge in [0, 0.05) is 35.4 Å². The number of aromatic nitrogens is 1. The summed E-state index contributed by atoms with van der Waals surface area (Å²) in [7, 11) is 0. The van der Waals surface area contributed by atoms with Gasteiger partial charge in [-0.15, -0.1) is 0 Å². The van der Waals surface area contributed by atoms with Crippen LogP contribution < -0.4 is 4.57 Å². The second-order valence-corrected chi connectivity index (χ2v) is 4.55. The van der Waals surface area contributed by atoms with Crippen LogP contribution >= 0.6 is 0 Å². The Morgan fingerprint density at radius 1 is 1.14 bits per heavy atom. The van der Waals surface area contributed by atoms with E-state index in [1.54, 1.807) is 35.2 Å². The van der Waals surface area contributed by atoms with Gasteiger partial charge in [-0.3, -0.25) is 19.7 Å². The highest BCUT2D eigenvalue weighted by Gasteiger charge is 2.15. The monoisotopic (exact) mass is 285 g/mol. The Bertz CT molecular complexity index is 708. The Morgan fingerprint density at radius 3 is 2.38 bits per heavy atom. The summed E-state index contributed by atoms with van der Waals surface area (Å²) in [5, 5.41) is 10.7. The largest absolute Gasteiger partial charge is 0.295 e. The van der Waals surface area contributed by atoms with Gasteiger partial charge in [-0.1, -0.05) is 12.1 Å². The summed E-state index contributed by atoms with van der Waals surface area (Å²) < 4.78 is 1.62. The molecule has 21 heavy (non-hydrogen) atoms. The van der Waals surface area contributed by atoms with Crippen LogP contribution in [0, 0.1) is 10.1 Å². The molecule has 2 aromatic rings. The van der Waals surface area contributed by atoms with Gasteiger partial charge < -0.3 is 0 Å². The minimum absolute atomic E-state index is 0.0489. The van der Waals surface area contributed by atoms with E-state index in [4.69, 9.17) is 0 Å². The summed E-state index contributed by atoms with van der Waals surface area (Å²) in [4.78, 5) is 33.4. The van der Waals surface area contributed by atoms with Gasteiger partial charge in [0.2, 0.25) is 12.3 Å². The van der Waals surface area contributed by atoms with Crippen LogP contribution in [-0.2, 0) is 6.54 Å². The maximum absolute atomic E-state index is 12.1. The number of pyridine rings is 1. The molecular weight excluding hydrogens is 272 g/mol. The number of non-ortho nitro benzene ring substituents is 1. The van der Waals surface area contributed by atoms with Crippen LogP contribution in [0.25, 0.3) is 0 Å². The molecule has 1 heterocycles. The van der Waals surface area contributed by atoms with Gasteiger partial charge in [-0.2, -0.15) is 4.57 Å². The van der Waals surface area contributed by atoms with E-state index in [2.05, 4.69) is 0 Å². The number of benzene rings is 1. The lowest BCUT2D eigenvalue weighted by atomic mass is 10.1. The van der Waals surface area contributed by atoms with Gasteiger partial charge in [0.25, 0.3) is 5.69 Å². The van der Waals surface area contributed by atoms with Gasteiger partial charge in [-0.25, -0.2) is 0 Å². The highest BCUT2D eigenvalue weighted by atomic mass is 16.6. The van der Waals surface area contributed by atoms with E-state index in [1.807, 2.05) is 0 Å². The average molecular weight is 285 g/mol. The lowest BCUT2D eigenvalue weighted by Gasteiger charge is -1.99. The molecule has 0 bridgehead atoms. The summed E-state index contributed by atoms with van der Waals surface area (Å²) in [5.74, 6) is -0.286. The zero-order valence-electron chi connectivity index (χ0n) is 11.4. The first kappa shape index (κ1) is 14.5. The molecule has 0 saturated heterocycles. The number of nitrogens with zero attached hydrogens (tertiary/aromatic N) is 2. The van der Waals surface area contributed by atoms with Crippen LogP contribution in [-0.4, -0.2) is 16.5 Å². The number of carbonyl (C=O) groups excluding carboxylic acids is 2. The molecular formula is C15H13N2O4+. The molecule has 0 saturated carbocycles. The number of ketones is 2. The summed E-state index contributed by atoms with van der Waals surface area (Å²) in [5.41, 5.74) is 0.735. The number of carbonyl (C=O) groups is 2. The Labute approximate surface area is 120 Å². The van der Waals surface area contributed by atoms with Crippen LogP contribution in [0.5, 0.6) is 0 Å². The fourth-order valence-electron chi connectivity index (χ4n) is 1.85. The average Bonchev–Trinajstić information content (AvgIpc) is 2.48. The third-order valence-electron chi connectivity index (χ3n) is 3.00. The quantitative estimate of drug-likeness (QED) is 0.364. The molecule has 106 valence electrons. The highest BCUT2D eigenvalue weighted by molar-refractivity contribution is 5.95. The van der Waals surface area contributed by atoms with E-state index in [0.29, 0.717) is 5.56 Å². The molecule has 0 aliphatic heterocycles. The molecule has 0 aliphatic carbocycles. The number of hydrogen-bond donors (Lipinski definition) is 0. The topological polar surface area (TPSA) is 81.2 Å². The SMILES string of the molecule is CC(=O)c1cc[n+](CC(=O)c2cccc([N+](=O)[O-])c2)cc1. The van der Waals surface area contributed by atoms with Crippen molar-refractivity contribution in [1.82, 2.24) is 0 Å². The summed E-state index contributed by atoms with van der Waals surface area (Å²) in [6.45, 7) is 1.52. The first-order valence-electron chi connectivity index (χ1n) is 6.25. The molecule has 0 atom stereocenters. The smallest absolute Gasteiger partial charge is 0.270 e. The lowest BCUT2D eigenvalue weighted by Crippen LogP contribution is -2.37. The number of Topliss-reactive ketones (excluding diaryl/α,β-unsaturated/α-hetero) is 2. The second kappa shape index (κ2) is 6.04. The predicted octanol–water partition coefficient (Wildman–Crippen LogP) is 1.97. The van der Waals surface area contributed by atoms with E-state index in [9.17, 15) is 19.7 Å². The maximum atomic E-state index is 12.1. The highest BCUT2D eigenvalue weighted by Crippen LogP contribution is 2.13. The molecule has 6 nitrogen and oxygen atoms in total. The fraction of sp³-hybridized carbons (Fsp3) is 0.133. The van der Waals surface area contributed by atoms with E-state index in [1.165, 1.54) is 25.1 Å². The molecule has 0 N–H and O–H groups in total. The van der Waals surface area contributed by atoms with Gasteiger partial charge >= 0.3 is 0 Å². The molecule has 0 radical (unpaired) electrons. The minimum atomic E-state index is -0.536. The third kappa shape index (κ3) is 3.56. The number of rotatable bonds is 5. The molecule has 0 unspecified atom stereocenters. The van der Waals surface area contributed by atoms with Crippen molar-refractivity contribution >= 4 is 17.3 Å². The Balaban J connectivity index is 2.16. The van der Waals surface area contributed by atoms with Gasteiger partial charge in [0.15, 0.2) is 18.2 Å². The molecule has 0 fully saturated rings. The molecule has 6 heteroatoms.